The van der Waals surface area contributed by atoms with E-state index >= 15 is 0 Å². The summed E-state index contributed by atoms with van der Waals surface area (Å²) in [6, 6.07) is -0.220. The third-order valence-electron chi connectivity index (χ3n) is 0.902. The Kier molecular flexibility index (Phi) is 5.24. The van der Waals surface area contributed by atoms with Crippen molar-refractivity contribution in [3.8, 4) is 0 Å². The number of hydrogen-bond donors (Lipinski definition) is 1. The summed E-state index contributed by atoms with van der Waals surface area (Å²) >= 11 is 0. The van der Waals surface area contributed by atoms with E-state index in [2.05, 4.69) is 6.66 Å². The molecule has 0 rings (SSSR count). The van der Waals surface area contributed by atoms with Crippen LogP contribution in [-0.2, 0) is 4.79 Å². The van der Waals surface area contributed by atoms with Crippen molar-refractivity contribution >= 4 is 14.9 Å². The molecule has 2 atom stereocenters. The highest BCUT2D eigenvalue weighted by Gasteiger charge is 1.95. The molecule has 0 aromatic rings. The molecule has 0 aliphatic rings. The highest BCUT2D eigenvalue weighted by atomic mass is 31.1. The monoisotopic (exact) mass is 133 g/mol. The fourth-order valence-electron chi connectivity index (χ4n) is 0.379. The van der Waals surface area contributed by atoms with Gasteiger partial charge < -0.3 is 10.5 Å². The number of carbonyl (C=O) groups is 1. The molecule has 0 spiro atoms. The molecule has 0 bridgehead atoms. The first-order valence-corrected chi connectivity index (χ1v) is 4.37. The van der Waals surface area contributed by atoms with Crippen LogP contribution in [0.5, 0.6) is 0 Å². The van der Waals surface area contributed by atoms with Gasteiger partial charge in [0.25, 0.3) is 0 Å². The van der Waals surface area contributed by atoms with Gasteiger partial charge in [0, 0.05) is 0 Å². The van der Waals surface area contributed by atoms with Gasteiger partial charge in [-0.05, 0) is 19.2 Å². The molecule has 0 fully saturated rings. The van der Waals surface area contributed by atoms with Gasteiger partial charge in [0.1, 0.15) is 6.29 Å². The van der Waals surface area contributed by atoms with E-state index in [1.54, 1.807) is 0 Å². The van der Waals surface area contributed by atoms with E-state index in [0.717, 1.165) is 27.4 Å². The van der Waals surface area contributed by atoms with Gasteiger partial charge >= 0.3 is 0 Å². The molecule has 3 heteroatoms. The third-order valence-corrected chi connectivity index (χ3v) is 1.69. The van der Waals surface area contributed by atoms with Crippen LogP contribution in [0, 0.1) is 0 Å². The Morgan fingerprint density at radius 2 is 2.50 bits per heavy atom. The summed E-state index contributed by atoms with van der Waals surface area (Å²) in [6.07, 6.45) is 2.73. The van der Waals surface area contributed by atoms with E-state index in [-0.39, 0.29) is 6.04 Å². The zero-order chi connectivity index (χ0) is 6.41. The predicted molar refractivity (Wildman–Crippen MR) is 37.8 cm³/mol. The quantitative estimate of drug-likeness (QED) is 0.440. The molecule has 2 unspecified atom stereocenters. The summed E-state index contributed by atoms with van der Waals surface area (Å²) in [4.78, 5) is 9.89. The Hall–Kier alpha value is 0.0600. The van der Waals surface area contributed by atoms with Gasteiger partial charge in [-0.15, -0.1) is 8.58 Å². The van der Waals surface area contributed by atoms with Crippen LogP contribution in [-0.4, -0.2) is 25.2 Å². The Morgan fingerprint density at radius 3 is 2.88 bits per heavy atom. The molecule has 0 aliphatic carbocycles. The van der Waals surface area contributed by atoms with Crippen molar-refractivity contribution in [3.63, 3.8) is 0 Å². The fraction of sp³-hybridized carbons (Fsp3) is 0.800. The van der Waals surface area contributed by atoms with Crippen molar-refractivity contribution in [3.05, 3.63) is 0 Å². The molecule has 0 saturated carbocycles. The summed E-state index contributed by atoms with van der Waals surface area (Å²) in [6.45, 7) is 2.11. The molecule has 0 aromatic carbocycles. The lowest BCUT2D eigenvalue weighted by molar-refractivity contribution is -0.108. The Morgan fingerprint density at radius 1 is 1.88 bits per heavy atom. The van der Waals surface area contributed by atoms with Crippen LogP contribution in [0.1, 0.15) is 6.42 Å². The number of hydrogen-bond acceptors (Lipinski definition) is 2. The molecular weight excluding hydrogens is 121 g/mol. The summed E-state index contributed by atoms with van der Waals surface area (Å²) < 4.78 is 0. The van der Waals surface area contributed by atoms with Crippen LogP contribution in [0.25, 0.3) is 0 Å². The van der Waals surface area contributed by atoms with Crippen molar-refractivity contribution in [2.45, 2.75) is 12.5 Å². The van der Waals surface area contributed by atoms with E-state index < -0.39 is 0 Å². The maximum atomic E-state index is 9.89. The summed E-state index contributed by atoms with van der Waals surface area (Å²) in [5, 5.41) is 0. The van der Waals surface area contributed by atoms with Gasteiger partial charge in [0.15, 0.2) is 0 Å². The van der Waals surface area contributed by atoms with Crippen molar-refractivity contribution in [2.75, 3.05) is 12.8 Å². The van der Waals surface area contributed by atoms with Crippen LogP contribution >= 0.6 is 8.58 Å². The maximum Gasteiger partial charge on any atom is 0.136 e. The van der Waals surface area contributed by atoms with Crippen LogP contribution < -0.4 is 5.73 Å². The minimum absolute atomic E-state index is 0.220. The average molecular weight is 133 g/mol. The number of aldehydes is 1. The highest BCUT2D eigenvalue weighted by Crippen LogP contribution is 2.03. The van der Waals surface area contributed by atoms with Crippen LogP contribution in [0.4, 0.5) is 0 Å². The number of nitrogens with two attached hydrogens (primary N) is 1. The average Bonchev–Trinajstić information content (AvgIpc) is 1.83. The van der Waals surface area contributed by atoms with Crippen molar-refractivity contribution in [1.29, 1.82) is 0 Å². The smallest absolute Gasteiger partial charge is 0.136 e. The first-order valence-electron chi connectivity index (χ1n) is 2.66. The molecule has 8 heavy (non-hydrogen) atoms. The highest BCUT2D eigenvalue weighted by molar-refractivity contribution is 7.36. The molecule has 48 valence electrons. The largest absolute Gasteiger partial charge is 0.322 e. The van der Waals surface area contributed by atoms with Gasteiger partial charge in [-0.2, -0.15) is 0 Å². The second-order valence-corrected chi connectivity index (χ2v) is 2.90. The normalized spacial score (nSPS) is 14.8. The molecule has 0 aliphatic heterocycles. The first-order chi connectivity index (χ1) is 3.81. The minimum Gasteiger partial charge on any atom is -0.322 e. The van der Waals surface area contributed by atoms with E-state index in [9.17, 15) is 4.79 Å². The predicted octanol–water partition coefficient (Wildman–Crippen LogP) is 0.211. The standard InChI is InChI=1S/C5H12NOP/c1-8-3-2-5(6)4-7/h4-5,8H,2-3,6H2,1H3. The minimum atomic E-state index is -0.220. The molecule has 0 heterocycles. The van der Waals surface area contributed by atoms with Gasteiger partial charge in [-0.3, -0.25) is 0 Å². The zero-order valence-corrected chi connectivity index (χ0v) is 6.05. The third kappa shape index (κ3) is 4.23. The molecule has 0 saturated heterocycles. The second kappa shape index (κ2) is 5.20. The van der Waals surface area contributed by atoms with Gasteiger partial charge in [-0.1, -0.05) is 0 Å². The van der Waals surface area contributed by atoms with Crippen LogP contribution in [0.2, 0.25) is 0 Å². The van der Waals surface area contributed by atoms with E-state index in [0.29, 0.717) is 0 Å². The first kappa shape index (κ1) is 8.06. The van der Waals surface area contributed by atoms with Gasteiger partial charge in [0.2, 0.25) is 0 Å². The van der Waals surface area contributed by atoms with E-state index in [1.807, 2.05) is 0 Å². The van der Waals surface area contributed by atoms with E-state index in [4.69, 9.17) is 5.73 Å². The number of rotatable bonds is 4. The fourth-order valence-corrected chi connectivity index (χ4v) is 1.00. The summed E-state index contributed by atoms with van der Waals surface area (Å²) in [5.74, 6) is 0. The lowest BCUT2D eigenvalue weighted by Crippen LogP contribution is -2.21. The lowest BCUT2D eigenvalue weighted by Gasteiger charge is -1.98. The molecule has 0 aromatic heterocycles. The van der Waals surface area contributed by atoms with Gasteiger partial charge in [0.05, 0.1) is 6.04 Å². The zero-order valence-electron chi connectivity index (χ0n) is 5.05. The topological polar surface area (TPSA) is 43.1 Å². The Labute approximate surface area is 51.6 Å². The second-order valence-electron chi connectivity index (χ2n) is 1.69. The molecule has 2 nitrogen and oxygen atoms in total. The van der Waals surface area contributed by atoms with Crippen LogP contribution in [0.3, 0.4) is 0 Å². The SMILES string of the molecule is CPCCC(N)C=O. The summed E-state index contributed by atoms with van der Waals surface area (Å²) in [7, 11) is 0.915. The molecule has 0 amide bonds. The molecular formula is C5H12NOP. The lowest BCUT2D eigenvalue weighted by atomic mass is 10.3. The van der Waals surface area contributed by atoms with Crippen molar-refractivity contribution in [1.82, 2.24) is 0 Å². The molecule has 0 radical (unpaired) electrons. The number of carbonyl (C=O) groups excluding carboxylic acids is 1. The summed E-state index contributed by atoms with van der Waals surface area (Å²) in [5.41, 5.74) is 5.30. The van der Waals surface area contributed by atoms with Crippen molar-refractivity contribution < 1.29 is 4.79 Å². The molecule has 2 N–H and O–H groups in total. The Balaban J connectivity index is 2.98. The van der Waals surface area contributed by atoms with E-state index in [1.165, 1.54) is 0 Å². The van der Waals surface area contributed by atoms with Crippen molar-refractivity contribution in [2.24, 2.45) is 5.73 Å². The maximum absolute atomic E-state index is 9.89. The Bertz CT molecular complexity index is 67.4. The van der Waals surface area contributed by atoms with Gasteiger partial charge in [-0.25, -0.2) is 0 Å². The van der Waals surface area contributed by atoms with Crippen LogP contribution in [0.15, 0.2) is 0 Å².